The average Bonchev–Trinajstić information content (AvgIpc) is 2.91. The van der Waals surface area contributed by atoms with Crippen molar-refractivity contribution in [1.82, 2.24) is 10.2 Å². The highest BCUT2D eigenvalue weighted by Gasteiger charge is 2.19. The van der Waals surface area contributed by atoms with Gasteiger partial charge in [-0.25, -0.2) is 0 Å². The first-order chi connectivity index (χ1) is 7.24. The van der Waals surface area contributed by atoms with Crippen molar-refractivity contribution in [2.75, 3.05) is 20.1 Å². The first kappa shape index (κ1) is 11.2. The molecule has 1 aliphatic rings. The van der Waals surface area contributed by atoms with E-state index in [1.54, 1.807) is 0 Å². The van der Waals surface area contributed by atoms with Crippen LogP contribution in [0.5, 0.6) is 0 Å². The van der Waals surface area contributed by atoms with Crippen LogP contribution in [0.3, 0.4) is 0 Å². The van der Waals surface area contributed by atoms with Crippen molar-refractivity contribution >= 4 is 15.9 Å². The lowest BCUT2D eigenvalue weighted by Crippen LogP contribution is -2.29. The molecular formula is C11H17BrN2O. The minimum Gasteiger partial charge on any atom is -0.453 e. The highest BCUT2D eigenvalue weighted by molar-refractivity contribution is 9.10. The summed E-state index contributed by atoms with van der Waals surface area (Å²) in [5, 5.41) is 3.50. The number of halogens is 1. The Bertz CT molecular complexity index is 309. The minimum atomic E-state index is 0.802. The Balaban J connectivity index is 1.64. The van der Waals surface area contributed by atoms with E-state index in [-0.39, 0.29) is 0 Å². The Morgan fingerprint density at radius 3 is 2.93 bits per heavy atom. The Labute approximate surface area is 99.0 Å². The molecular weight excluding hydrogens is 256 g/mol. The summed E-state index contributed by atoms with van der Waals surface area (Å²) >= 11 is 3.30. The van der Waals surface area contributed by atoms with E-state index in [1.165, 1.54) is 12.8 Å². The van der Waals surface area contributed by atoms with Gasteiger partial charge in [-0.2, -0.15) is 0 Å². The Kier molecular flexibility index (Phi) is 3.83. The fraction of sp³-hybridized carbons (Fsp3) is 0.636. The SMILES string of the molecule is CN(CCNC1CC1)Cc1ccc(Br)o1. The molecule has 0 unspecified atom stereocenters. The van der Waals surface area contributed by atoms with Gasteiger partial charge in [-0.1, -0.05) is 0 Å². The van der Waals surface area contributed by atoms with Crippen LogP contribution in [0.15, 0.2) is 21.2 Å². The summed E-state index contributed by atoms with van der Waals surface area (Å²) in [4.78, 5) is 2.26. The van der Waals surface area contributed by atoms with Crippen LogP contribution in [0.25, 0.3) is 0 Å². The molecule has 0 spiro atoms. The number of hydrogen-bond donors (Lipinski definition) is 1. The largest absolute Gasteiger partial charge is 0.453 e. The van der Waals surface area contributed by atoms with Crippen molar-refractivity contribution in [2.24, 2.45) is 0 Å². The fourth-order valence-corrected chi connectivity index (χ4v) is 1.87. The van der Waals surface area contributed by atoms with Crippen molar-refractivity contribution in [3.05, 3.63) is 22.6 Å². The first-order valence-corrected chi connectivity index (χ1v) is 6.19. The van der Waals surface area contributed by atoms with Crippen molar-refractivity contribution in [3.63, 3.8) is 0 Å². The van der Waals surface area contributed by atoms with Gasteiger partial charge in [-0.05, 0) is 48.0 Å². The Hall–Kier alpha value is -0.320. The molecule has 84 valence electrons. The molecule has 1 N–H and O–H groups in total. The van der Waals surface area contributed by atoms with Gasteiger partial charge < -0.3 is 9.73 Å². The van der Waals surface area contributed by atoms with Gasteiger partial charge >= 0.3 is 0 Å². The van der Waals surface area contributed by atoms with E-state index in [4.69, 9.17) is 4.42 Å². The van der Waals surface area contributed by atoms with Gasteiger partial charge in [0.05, 0.1) is 6.54 Å². The molecule has 3 nitrogen and oxygen atoms in total. The zero-order valence-electron chi connectivity index (χ0n) is 9.00. The second-order valence-corrected chi connectivity index (χ2v) is 4.95. The fourth-order valence-electron chi connectivity index (χ4n) is 1.53. The summed E-state index contributed by atoms with van der Waals surface area (Å²) in [6.45, 7) is 3.01. The van der Waals surface area contributed by atoms with Gasteiger partial charge in [0.2, 0.25) is 0 Å². The molecule has 15 heavy (non-hydrogen) atoms. The van der Waals surface area contributed by atoms with Crippen LogP contribution < -0.4 is 5.32 Å². The number of nitrogens with zero attached hydrogens (tertiary/aromatic N) is 1. The van der Waals surface area contributed by atoms with Crippen LogP contribution in [0.1, 0.15) is 18.6 Å². The summed E-state index contributed by atoms with van der Waals surface area (Å²) in [5.41, 5.74) is 0. The van der Waals surface area contributed by atoms with Crippen LogP contribution in [-0.2, 0) is 6.54 Å². The maximum atomic E-state index is 5.45. The molecule has 0 saturated heterocycles. The number of nitrogens with one attached hydrogen (secondary N) is 1. The molecule has 1 aliphatic carbocycles. The molecule has 0 bridgehead atoms. The lowest BCUT2D eigenvalue weighted by Gasteiger charge is -2.15. The summed E-state index contributed by atoms with van der Waals surface area (Å²) in [7, 11) is 2.12. The molecule has 2 rings (SSSR count). The van der Waals surface area contributed by atoms with Gasteiger partial charge in [0, 0.05) is 19.1 Å². The molecule has 1 saturated carbocycles. The van der Waals surface area contributed by atoms with E-state index in [2.05, 4.69) is 33.2 Å². The topological polar surface area (TPSA) is 28.4 Å². The molecule has 1 heterocycles. The third kappa shape index (κ3) is 3.97. The molecule has 1 aromatic heterocycles. The van der Waals surface area contributed by atoms with Gasteiger partial charge in [0.25, 0.3) is 0 Å². The third-order valence-corrected chi connectivity index (χ3v) is 2.98. The van der Waals surface area contributed by atoms with Crippen molar-refractivity contribution in [3.8, 4) is 0 Å². The first-order valence-electron chi connectivity index (χ1n) is 5.40. The van der Waals surface area contributed by atoms with Crippen molar-refractivity contribution < 1.29 is 4.42 Å². The zero-order chi connectivity index (χ0) is 10.7. The summed E-state index contributed by atoms with van der Waals surface area (Å²) in [6.07, 6.45) is 2.71. The van der Waals surface area contributed by atoms with E-state index in [9.17, 15) is 0 Å². The van der Waals surface area contributed by atoms with Crippen molar-refractivity contribution in [1.29, 1.82) is 0 Å². The number of furan rings is 1. The maximum Gasteiger partial charge on any atom is 0.169 e. The van der Waals surface area contributed by atoms with Crippen LogP contribution in [-0.4, -0.2) is 31.1 Å². The monoisotopic (exact) mass is 272 g/mol. The zero-order valence-corrected chi connectivity index (χ0v) is 10.6. The molecule has 1 fully saturated rings. The van der Waals surface area contributed by atoms with E-state index >= 15 is 0 Å². The molecule has 0 radical (unpaired) electrons. The molecule has 4 heteroatoms. The molecule has 0 atom stereocenters. The second kappa shape index (κ2) is 5.14. The molecule has 0 aliphatic heterocycles. The van der Waals surface area contributed by atoms with Crippen LogP contribution in [0, 0.1) is 0 Å². The highest BCUT2D eigenvalue weighted by Crippen LogP contribution is 2.18. The van der Waals surface area contributed by atoms with Crippen LogP contribution in [0.2, 0.25) is 0 Å². The summed E-state index contributed by atoms with van der Waals surface area (Å²) in [6, 6.07) is 4.75. The molecule has 0 aromatic carbocycles. The number of hydrogen-bond acceptors (Lipinski definition) is 3. The average molecular weight is 273 g/mol. The molecule has 1 aromatic rings. The quantitative estimate of drug-likeness (QED) is 0.861. The lowest BCUT2D eigenvalue weighted by molar-refractivity contribution is 0.291. The number of rotatable bonds is 6. The van der Waals surface area contributed by atoms with E-state index < -0.39 is 0 Å². The van der Waals surface area contributed by atoms with Gasteiger partial charge in [0.15, 0.2) is 4.67 Å². The predicted molar refractivity (Wildman–Crippen MR) is 63.8 cm³/mol. The minimum absolute atomic E-state index is 0.802. The van der Waals surface area contributed by atoms with Gasteiger partial charge in [-0.3, -0.25) is 4.90 Å². The third-order valence-electron chi connectivity index (χ3n) is 2.56. The van der Waals surface area contributed by atoms with Crippen LogP contribution in [0.4, 0.5) is 0 Å². The van der Waals surface area contributed by atoms with Crippen molar-refractivity contribution in [2.45, 2.75) is 25.4 Å². The highest BCUT2D eigenvalue weighted by atomic mass is 79.9. The van der Waals surface area contributed by atoms with Gasteiger partial charge in [0.1, 0.15) is 5.76 Å². The van der Waals surface area contributed by atoms with E-state index in [0.29, 0.717) is 0 Å². The Morgan fingerprint density at radius 2 is 2.33 bits per heavy atom. The summed E-state index contributed by atoms with van der Waals surface area (Å²) < 4.78 is 6.26. The standard InChI is InChI=1S/C11H17BrN2O/c1-14(7-6-13-9-2-3-9)8-10-4-5-11(12)15-10/h4-5,9,13H,2-3,6-8H2,1H3. The smallest absolute Gasteiger partial charge is 0.169 e. The normalized spacial score (nSPS) is 16.2. The Morgan fingerprint density at radius 1 is 1.53 bits per heavy atom. The maximum absolute atomic E-state index is 5.45. The predicted octanol–water partition coefficient (Wildman–Crippen LogP) is 2.23. The van der Waals surface area contributed by atoms with E-state index in [0.717, 1.165) is 36.1 Å². The number of likely N-dealkylation sites (N-methyl/N-ethyl adjacent to an activating group) is 1. The van der Waals surface area contributed by atoms with Gasteiger partial charge in [-0.15, -0.1) is 0 Å². The van der Waals surface area contributed by atoms with Crippen LogP contribution >= 0.6 is 15.9 Å². The lowest BCUT2D eigenvalue weighted by atomic mass is 10.4. The summed E-state index contributed by atoms with van der Waals surface area (Å²) in [5.74, 6) is 1.01. The molecule has 0 amide bonds. The second-order valence-electron chi connectivity index (χ2n) is 4.17. The van der Waals surface area contributed by atoms with E-state index in [1.807, 2.05) is 12.1 Å².